The standard InChI is InChI=1S/C14H7NO7.2Na/c16-8-4-10(14(20)21)22-12-5(8)1-2-6-11(12)9(17)3-7(15-6)13(18)19;;/h1-4H,(H,15,17)(H,18,19)(H,20,21);;/q;2*+1/p-2. The number of H-pyrrole nitrogens is 1. The minimum absolute atomic E-state index is 0. The second-order valence-corrected chi connectivity index (χ2v) is 4.46. The third kappa shape index (κ3) is 3.49. The number of aromatic nitrogens is 1. The molecule has 0 unspecified atom stereocenters. The fourth-order valence-electron chi connectivity index (χ4n) is 2.16. The van der Waals surface area contributed by atoms with E-state index in [4.69, 9.17) is 4.42 Å². The van der Waals surface area contributed by atoms with E-state index in [0.29, 0.717) is 0 Å². The number of hydrogen-bond donors (Lipinski definition) is 1. The van der Waals surface area contributed by atoms with Crippen molar-refractivity contribution in [3.05, 3.63) is 56.2 Å². The molecule has 0 aliphatic rings. The van der Waals surface area contributed by atoms with Crippen molar-refractivity contribution in [1.82, 2.24) is 4.98 Å². The average molecular weight is 345 g/mol. The molecule has 2 heterocycles. The van der Waals surface area contributed by atoms with Gasteiger partial charge < -0.3 is 29.2 Å². The first kappa shape index (κ1) is 20.6. The first-order valence-electron chi connectivity index (χ1n) is 5.95. The van der Waals surface area contributed by atoms with Gasteiger partial charge in [0.2, 0.25) is 0 Å². The number of carbonyl (C=O) groups is 2. The molecule has 0 spiro atoms. The molecule has 0 amide bonds. The van der Waals surface area contributed by atoms with Crippen LogP contribution in [-0.4, -0.2) is 16.9 Å². The van der Waals surface area contributed by atoms with Crippen LogP contribution in [0.5, 0.6) is 0 Å². The number of nitrogens with one attached hydrogen (secondary N) is 1. The van der Waals surface area contributed by atoms with E-state index in [0.717, 1.165) is 12.1 Å². The number of carboxylic acid groups (broad SMARTS) is 2. The first-order chi connectivity index (χ1) is 10.4. The van der Waals surface area contributed by atoms with E-state index in [-0.39, 0.29) is 81.0 Å². The Hall–Kier alpha value is -1.42. The molecule has 0 bridgehead atoms. The maximum atomic E-state index is 12.1. The molecule has 0 aliphatic heterocycles. The first-order valence-corrected chi connectivity index (χ1v) is 5.95. The van der Waals surface area contributed by atoms with Crippen LogP contribution >= 0.6 is 0 Å². The average Bonchev–Trinajstić information content (AvgIpc) is 2.45. The fraction of sp³-hybridized carbons (Fsp3) is 0. The van der Waals surface area contributed by atoms with Crippen LogP contribution in [0.4, 0.5) is 0 Å². The molecule has 3 aromatic rings. The van der Waals surface area contributed by atoms with Gasteiger partial charge in [-0.05, 0) is 12.1 Å². The van der Waals surface area contributed by atoms with E-state index in [1.807, 2.05) is 0 Å². The summed E-state index contributed by atoms with van der Waals surface area (Å²) in [6.45, 7) is 0. The summed E-state index contributed by atoms with van der Waals surface area (Å²) in [5.74, 6) is -4.02. The Morgan fingerprint density at radius 3 is 2.21 bits per heavy atom. The zero-order valence-corrected chi connectivity index (χ0v) is 16.7. The minimum atomic E-state index is -1.71. The Balaban J connectivity index is 0.00000144. The van der Waals surface area contributed by atoms with Gasteiger partial charge in [-0.15, -0.1) is 0 Å². The number of carbonyl (C=O) groups excluding carboxylic acids is 2. The largest absolute Gasteiger partial charge is 1.00 e. The van der Waals surface area contributed by atoms with Crippen LogP contribution in [0.2, 0.25) is 0 Å². The topological polar surface area (TPSA) is 143 Å². The van der Waals surface area contributed by atoms with Crippen molar-refractivity contribution in [2.24, 2.45) is 0 Å². The molecule has 0 saturated heterocycles. The van der Waals surface area contributed by atoms with Crippen LogP contribution in [0.25, 0.3) is 21.9 Å². The van der Waals surface area contributed by atoms with E-state index in [9.17, 15) is 29.4 Å². The van der Waals surface area contributed by atoms with Crippen molar-refractivity contribution in [2.45, 2.75) is 0 Å². The molecule has 8 nitrogen and oxygen atoms in total. The van der Waals surface area contributed by atoms with Crippen LogP contribution < -0.4 is 80.2 Å². The number of benzene rings is 1. The monoisotopic (exact) mass is 345 g/mol. The Kier molecular flexibility index (Phi) is 6.57. The summed E-state index contributed by atoms with van der Waals surface area (Å²) in [4.78, 5) is 48.0. The van der Waals surface area contributed by atoms with Crippen molar-refractivity contribution in [3.63, 3.8) is 0 Å². The summed E-state index contributed by atoms with van der Waals surface area (Å²) in [6.07, 6.45) is 0. The molecule has 0 saturated carbocycles. The third-order valence-electron chi connectivity index (χ3n) is 3.11. The predicted octanol–water partition coefficient (Wildman–Crippen LogP) is -7.63. The summed E-state index contributed by atoms with van der Waals surface area (Å²) in [6, 6.07) is 4.12. The number of carboxylic acids is 2. The molecule has 3 rings (SSSR count). The summed E-state index contributed by atoms with van der Waals surface area (Å²) in [5.41, 5.74) is -2.05. The van der Waals surface area contributed by atoms with Gasteiger partial charge in [-0.2, -0.15) is 0 Å². The number of aromatic carboxylic acids is 2. The maximum Gasteiger partial charge on any atom is 1.00 e. The summed E-state index contributed by atoms with van der Waals surface area (Å²) < 4.78 is 5.05. The van der Waals surface area contributed by atoms with Gasteiger partial charge in [-0.25, -0.2) is 0 Å². The third-order valence-corrected chi connectivity index (χ3v) is 3.11. The van der Waals surface area contributed by atoms with Gasteiger partial charge in [0, 0.05) is 12.1 Å². The van der Waals surface area contributed by atoms with Crippen LogP contribution in [0.15, 0.2) is 38.3 Å². The van der Waals surface area contributed by atoms with Crippen molar-refractivity contribution < 1.29 is 83.3 Å². The Morgan fingerprint density at radius 2 is 1.62 bits per heavy atom. The van der Waals surface area contributed by atoms with E-state index in [1.165, 1.54) is 12.1 Å². The molecule has 2 aromatic heterocycles. The molecule has 10 heteroatoms. The Labute approximate surface area is 177 Å². The van der Waals surface area contributed by atoms with Crippen LogP contribution in [0.1, 0.15) is 21.0 Å². The molecule has 0 aliphatic carbocycles. The molecule has 0 radical (unpaired) electrons. The zero-order valence-electron chi connectivity index (χ0n) is 12.7. The second kappa shape index (κ2) is 7.64. The second-order valence-electron chi connectivity index (χ2n) is 4.46. The fourth-order valence-corrected chi connectivity index (χ4v) is 2.16. The number of hydrogen-bond acceptors (Lipinski definition) is 7. The molecular formula is C14H5NNa2O7. The van der Waals surface area contributed by atoms with Crippen LogP contribution in [0, 0.1) is 0 Å². The van der Waals surface area contributed by atoms with Gasteiger partial charge in [0.25, 0.3) is 0 Å². The van der Waals surface area contributed by atoms with Gasteiger partial charge in [0.1, 0.15) is 5.97 Å². The van der Waals surface area contributed by atoms with E-state index in [2.05, 4.69) is 4.98 Å². The van der Waals surface area contributed by atoms with Crippen molar-refractivity contribution in [3.8, 4) is 0 Å². The molecular weight excluding hydrogens is 340 g/mol. The minimum Gasteiger partial charge on any atom is -0.543 e. The maximum absolute atomic E-state index is 12.1. The normalized spacial score (nSPS) is 10.0. The van der Waals surface area contributed by atoms with Crippen LogP contribution in [0.3, 0.4) is 0 Å². The number of fused-ring (bicyclic) bond motifs is 3. The zero-order chi connectivity index (χ0) is 16.0. The number of pyridine rings is 1. The molecule has 1 N–H and O–H groups in total. The summed E-state index contributed by atoms with van der Waals surface area (Å²) in [5, 5.41) is 21.5. The van der Waals surface area contributed by atoms with Gasteiger partial charge in [0.05, 0.1) is 28.0 Å². The van der Waals surface area contributed by atoms with Gasteiger partial charge in [-0.3, -0.25) is 9.59 Å². The van der Waals surface area contributed by atoms with Gasteiger partial charge in [0.15, 0.2) is 22.2 Å². The van der Waals surface area contributed by atoms with Crippen LogP contribution in [-0.2, 0) is 0 Å². The molecule has 1 aromatic carbocycles. The predicted molar refractivity (Wildman–Crippen MR) is 69.3 cm³/mol. The molecule has 110 valence electrons. The molecule has 0 fully saturated rings. The van der Waals surface area contributed by atoms with Crippen molar-refractivity contribution >= 4 is 33.8 Å². The number of rotatable bonds is 2. The van der Waals surface area contributed by atoms with E-state index in [1.54, 1.807) is 0 Å². The van der Waals surface area contributed by atoms with Gasteiger partial charge >= 0.3 is 59.1 Å². The van der Waals surface area contributed by atoms with E-state index < -0.39 is 34.3 Å². The summed E-state index contributed by atoms with van der Waals surface area (Å²) >= 11 is 0. The van der Waals surface area contributed by atoms with Gasteiger partial charge in [-0.1, -0.05) is 0 Å². The molecule has 24 heavy (non-hydrogen) atoms. The Bertz CT molecular complexity index is 1080. The Morgan fingerprint density at radius 1 is 0.958 bits per heavy atom. The number of aromatic amines is 1. The van der Waals surface area contributed by atoms with Crippen molar-refractivity contribution in [1.29, 1.82) is 0 Å². The molecule has 0 atom stereocenters. The SMILES string of the molecule is O=C([O-])c1cc(=O)c2c(ccc3c(=O)cc(C(=O)[O-])oc32)[nH]1.[Na+].[Na+]. The van der Waals surface area contributed by atoms with E-state index >= 15 is 0 Å². The smallest absolute Gasteiger partial charge is 0.543 e. The summed E-state index contributed by atoms with van der Waals surface area (Å²) in [7, 11) is 0. The quantitative estimate of drug-likeness (QED) is 0.359. The van der Waals surface area contributed by atoms with Crippen molar-refractivity contribution in [2.75, 3.05) is 0 Å².